The number of fused-ring (bicyclic) bond motifs is 1. The van der Waals surface area contributed by atoms with Gasteiger partial charge < -0.3 is 16.4 Å². The third kappa shape index (κ3) is 4.91. The van der Waals surface area contributed by atoms with Crippen LogP contribution >= 0.6 is 11.3 Å². The minimum absolute atomic E-state index is 0.0551. The van der Waals surface area contributed by atoms with E-state index in [1.807, 2.05) is 26.2 Å². The summed E-state index contributed by atoms with van der Waals surface area (Å²) in [7, 11) is 0. The van der Waals surface area contributed by atoms with Crippen LogP contribution in [0.3, 0.4) is 0 Å². The lowest BCUT2D eigenvalue weighted by Gasteiger charge is -2.17. The molecule has 10 heteroatoms. The maximum atomic E-state index is 13.3. The smallest absolute Gasteiger partial charge is 0.261 e. The zero-order valence-corrected chi connectivity index (χ0v) is 19.8. The van der Waals surface area contributed by atoms with Gasteiger partial charge in [-0.05, 0) is 61.0 Å². The number of rotatable bonds is 7. The van der Waals surface area contributed by atoms with Crippen LogP contribution in [-0.4, -0.2) is 32.5 Å². The van der Waals surface area contributed by atoms with E-state index in [1.165, 1.54) is 28.0 Å². The van der Waals surface area contributed by atoms with E-state index in [0.29, 0.717) is 28.1 Å². The SMILES string of the molecule is CC[C@H](NC(=O)c1cc(-c2cc(C(=O)NC(C)C)c3nc(N)nn3c2)cs1)c1ccc(F)cc1. The summed E-state index contributed by atoms with van der Waals surface area (Å²) in [6.07, 6.45) is 2.39. The number of nitrogens with zero attached hydrogens (tertiary/aromatic N) is 3. The van der Waals surface area contributed by atoms with Crippen molar-refractivity contribution < 1.29 is 14.0 Å². The van der Waals surface area contributed by atoms with Gasteiger partial charge in [-0.2, -0.15) is 4.98 Å². The zero-order chi connectivity index (χ0) is 24.4. The van der Waals surface area contributed by atoms with E-state index in [9.17, 15) is 14.0 Å². The molecule has 4 rings (SSSR count). The Morgan fingerprint density at radius 2 is 1.85 bits per heavy atom. The summed E-state index contributed by atoms with van der Waals surface area (Å²) in [5, 5.41) is 11.9. The third-order valence-corrected chi connectivity index (χ3v) is 6.19. The van der Waals surface area contributed by atoms with Gasteiger partial charge in [0, 0.05) is 17.8 Å². The molecule has 1 aromatic carbocycles. The highest BCUT2D eigenvalue weighted by molar-refractivity contribution is 7.12. The van der Waals surface area contributed by atoms with Crippen molar-refractivity contribution in [1.82, 2.24) is 25.2 Å². The van der Waals surface area contributed by atoms with Gasteiger partial charge in [-0.25, -0.2) is 8.91 Å². The Morgan fingerprint density at radius 1 is 1.12 bits per heavy atom. The van der Waals surface area contributed by atoms with Gasteiger partial charge in [0.15, 0.2) is 5.65 Å². The Labute approximate surface area is 200 Å². The van der Waals surface area contributed by atoms with E-state index < -0.39 is 0 Å². The number of nitrogens with one attached hydrogen (secondary N) is 2. The zero-order valence-electron chi connectivity index (χ0n) is 19.0. The van der Waals surface area contributed by atoms with Crippen molar-refractivity contribution in [3.05, 3.63) is 69.8 Å². The maximum Gasteiger partial charge on any atom is 0.261 e. The fraction of sp³-hybridized carbons (Fsp3) is 0.250. The van der Waals surface area contributed by atoms with Crippen LogP contribution in [0, 0.1) is 5.82 Å². The number of nitrogens with two attached hydrogens (primary N) is 1. The van der Waals surface area contributed by atoms with Gasteiger partial charge in [0.25, 0.3) is 11.8 Å². The average molecular weight is 481 g/mol. The van der Waals surface area contributed by atoms with Gasteiger partial charge in [-0.3, -0.25) is 9.59 Å². The number of benzene rings is 1. The summed E-state index contributed by atoms with van der Waals surface area (Å²) in [6.45, 7) is 5.70. The first kappa shape index (κ1) is 23.4. The van der Waals surface area contributed by atoms with Crippen molar-refractivity contribution in [1.29, 1.82) is 0 Å². The summed E-state index contributed by atoms with van der Waals surface area (Å²) in [5.41, 5.74) is 8.77. The molecule has 8 nitrogen and oxygen atoms in total. The Balaban J connectivity index is 1.62. The molecule has 2 amide bonds. The molecule has 0 unspecified atom stereocenters. The summed E-state index contributed by atoms with van der Waals surface area (Å²) < 4.78 is 14.7. The van der Waals surface area contributed by atoms with E-state index in [4.69, 9.17) is 5.73 Å². The van der Waals surface area contributed by atoms with Gasteiger partial charge >= 0.3 is 0 Å². The molecule has 4 aromatic rings. The van der Waals surface area contributed by atoms with Crippen LogP contribution < -0.4 is 16.4 Å². The first-order chi connectivity index (χ1) is 16.2. The van der Waals surface area contributed by atoms with Crippen LogP contribution in [0.25, 0.3) is 16.8 Å². The van der Waals surface area contributed by atoms with Crippen LogP contribution in [0.2, 0.25) is 0 Å². The molecule has 0 fully saturated rings. The number of nitrogen functional groups attached to an aromatic ring is 1. The lowest BCUT2D eigenvalue weighted by Crippen LogP contribution is -2.30. The second-order valence-corrected chi connectivity index (χ2v) is 9.11. The predicted molar refractivity (Wildman–Crippen MR) is 130 cm³/mol. The van der Waals surface area contributed by atoms with E-state index in [-0.39, 0.29) is 35.7 Å². The molecule has 3 heterocycles. The molecule has 3 aromatic heterocycles. The monoisotopic (exact) mass is 480 g/mol. The minimum atomic E-state index is -0.319. The number of thiophene rings is 1. The van der Waals surface area contributed by atoms with E-state index >= 15 is 0 Å². The van der Waals surface area contributed by atoms with Crippen LogP contribution in [0.5, 0.6) is 0 Å². The summed E-state index contributed by atoms with van der Waals surface area (Å²) in [6, 6.07) is 9.31. The average Bonchev–Trinajstić information content (AvgIpc) is 3.43. The van der Waals surface area contributed by atoms with Gasteiger partial charge in [-0.1, -0.05) is 19.1 Å². The summed E-state index contributed by atoms with van der Waals surface area (Å²) in [5.74, 6) is -0.767. The molecule has 34 heavy (non-hydrogen) atoms. The molecule has 176 valence electrons. The topological polar surface area (TPSA) is 114 Å². The lowest BCUT2D eigenvalue weighted by molar-refractivity contribution is 0.0933. The van der Waals surface area contributed by atoms with Gasteiger partial charge in [0.05, 0.1) is 16.5 Å². The van der Waals surface area contributed by atoms with E-state index in [1.54, 1.807) is 30.5 Å². The molecule has 4 N–H and O–H groups in total. The van der Waals surface area contributed by atoms with Crippen LogP contribution in [-0.2, 0) is 0 Å². The maximum absolute atomic E-state index is 13.3. The highest BCUT2D eigenvalue weighted by atomic mass is 32.1. The van der Waals surface area contributed by atoms with E-state index in [2.05, 4.69) is 20.7 Å². The van der Waals surface area contributed by atoms with Crippen LogP contribution in [0.1, 0.15) is 58.8 Å². The molecule has 0 saturated heterocycles. The highest BCUT2D eigenvalue weighted by Crippen LogP contribution is 2.28. The molecule has 0 saturated carbocycles. The van der Waals surface area contributed by atoms with E-state index in [0.717, 1.165) is 11.1 Å². The quantitative estimate of drug-likeness (QED) is 0.367. The van der Waals surface area contributed by atoms with Crippen molar-refractivity contribution in [2.24, 2.45) is 0 Å². The lowest BCUT2D eigenvalue weighted by atomic mass is 10.0. The fourth-order valence-electron chi connectivity index (χ4n) is 3.62. The number of anilines is 1. The molecule has 0 aliphatic heterocycles. The third-order valence-electron chi connectivity index (χ3n) is 5.26. The number of amides is 2. The highest BCUT2D eigenvalue weighted by Gasteiger charge is 2.20. The van der Waals surface area contributed by atoms with Crippen molar-refractivity contribution >= 4 is 34.7 Å². The van der Waals surface area contributed by atoms with Crippen LogP contribution in [0.4, 0.5) is 10.3 Å². The molecular formula is C24H25FN6O2S. The number of hydrogen-bond acceptors (Lipinski definition) is 6. The number of carbonyl (C=O) groups excluding carboxylic acids is 2. The Bertz CT molecular complexity index is 1350. The fourth-order valence-corrected chi connectivity index (χ4v) is 4.44. The molecular weight excluding hydrogens is 455 g/mol. The normalized spacial score (nSPS) is 12.1. The molecule has 0 radical (unpaired) electrons. The van der Waals surface area contributed by atoms with Gasteiger partial charge in [0.1, 0.15) is 5.82 Å². The standard InChI is InChI=1S/C24H25FN6O2S/c1-4-19(14-5-7-17(25)8-6-14)28-23(33)20-10-16(12-34-20)15-9-18(22(32)27-13(2)3)21-29-24(26)30-31(21)11-15/h5-13,19H,4H2,1-3H3,(H2,26,30)(H,27,32)(H,28,33)/t19-/m0/s1. The van der Waals surface area contributed by atoms with Crippen molar-refractivity contribution in [3.63, 3.8) is 0 Å². The number of halogens is 1. The largest absolute Gasteiger partial charge is 0.366 e. The number of aromatic nitrogens is 3. The number of pyridine rings is 1. The van der Waals surface area contributed by atoms with Crippen molar-refractivity contribution in [2.75, 3.05) is 5.73 Å². The second kappa shape index (κ2) is 9.60. The van der Waals surface area contributed by atoms with Crippen LogP contribution in [0.15, 0.2) is 48.0 Å². The molecule has 0 aliphatic carbocycles. The Morgan fingerprint density at radius 3 is 2.53 bits per heavy atom. The molecule has 0 aliphatic rings. The first-order valence-corrected chi connectivity index (χ1v) is 11.7. The minimum Gasteiger partial charge on any atom is -0.366 e. The number of hydrogen-bond donors (Lipinski definition) is 3. The van der Waals surface area contributed by atoms with Gasteiger partial charge in [-0.15, -0.1) is 16.4 Å². The predicted octanol–water partition coefficient (Wildman–Crippen LogP) is 4.20. The molecule has 1 atom stereocenters. The molecule has 0 bridgehead atoms. The summed E-state index contributed by atoms with van der Waals surface area (Å²) >= 11 is 1.30. The molecule has 0 spiro atoms. The van der Waals surface area contributed by atoms with Crippen molar-refractivity contribution in [3.8, 4) is 11.1 Å². The van der Waals surface area contributed by atoms with Crippen molar-refractivity contribution in [2.45, 2.75) is 39.3 Å². The van der Waals surface area contributed by atoms with Gasteiger partial charge in [0.2, 0.25) is 5.95 Å². The summed E-state index contributed by atoms with van der Waals surface area (Å²) in [4.78, 5) is 30.4. The number of carbonyl (C=O) groups is 2. The Kier molecular flexibility index (Phi) is 6.60. The Hall–Kier alpha value is -3.79. The second-order valence-electron chi connectivity index (χ2n) is 8.19. The first-order valence-electron chi connectivity index (χ1n) is 10.9.